The van der Waals surface area contributed by atoms with Crippen LogP contribution in [0.3, 0.4) is 0 Å². The largest absolute Gasteiger partial charge is 0.382 e. The first-order chi connectivity index (χ1) is 10.8. The summed E-state index contributed by atoms with van der Waals surface area (Å²) in [7, 11) is 0. The SMILES string of the molecule is CC(C)(O)c1ncc(-c2ccc3nc(Cl)c(F)c(Cl)c3c2)cn1. The van der Waals surface area contributed by atoms with Gasteiger partial charge in [-0.3, -0.25) is 0 Å². The fourth-order valence-corrected chi connectivity index (χ4v) is 2.62. The molecule has 0 spiro atoms. The highest BCUT2D eigenvalue weighted by Crippen LogP contribution is 2.32. The molecule has 23 heavy (non-hydrogen) atoms. The molecule has 118 valence electrons. The van der Waals surface area contributed by atoms with Crippen molar-refractivity contribution in [3.05, 3.63) is 52.4 Å². The van der Waals surface area contributed by atoms with Crippen LogP contribution in [-0.4, -0.2) is 20.1 Å². The molecule has 0 unspecified atom stereocenters. The predicted molar refractivity (Wildman–Crippen MR) is 88.0 cm³/mol. The van der Waals surface area contributed by atoms with Crippen LogP contribution in [-0.2, 0) is 5.60 Å². The van der Waals surface area contributed by atoms with Crippen LogP contribution < -0.4 is 0 Å². The number of pyridine rings is 1. The maximum atomic E-state index is 13.8. The molecule has 0 aliphatic heterocycles. The average Bonchev–Trinajstić information content (AvgIpc) is 2.52. The highest BCUT2D eigenvalue weighted by molar-refractivity contribution is 6.38. The molecule has 3 aromatic rings. The van der Waals surface area contributed by atoms with E-state index in [0.29, 0.717) is 22.3 Å². The quantitative estimate of drug-likeness (QED) is 0.696. The number of hydrogen-bond donors (Lipinski definition) is 1. The van der Waals surface area contributed by atoms with E-state index in [1.165, 1.54) is 0 Å². The van der Waals surface area contributed by atoms with E-state index in [2.05, 4.69) is 15.0 Å². The summed E-state index contributed by atoms with van der Waals surface area (Å²) in [4.78, 5) is 12.3. The maximum absolute atomic E-state index is 13.8. The lowest BCUT2D eigenvalue weighted by Gasteiger charge is -2.15. The van der Waals surface area contributed by atoms with Gasteiger partial charge in [-0.05, 0) is 31.5 Å². The summed E-state index contributed by atoms with van der Waals surface area (Å²) in [6.45, 7) is 3.21. The molecular weight excluding hydrogens is 340 g/mol. The van der Waals surface area contributed by atoms with Crippen LogP contribution in [0.15, 0.2) is 30.6 Å². The van der Waals surface area contributed by atoms with Gasteiger partial charge in [0.1, 0.15) is 5.60 Å². The van der Waals surface area contributed by atoms with Gasteiger partial charge in [-0.15, -0.1) is 0 Å². The van der Waals surface area contributed by atoms with E-state index in [1.807, 2.05) is 0 Å². The molecule has 0 amide bonds. The van der Waals surface area contributed by atoms with E-state index in [0.717, 1.165) is 5.56 Å². The van der Waals surface area contributed by atoms with Crippen molar-refractivity contribution in [2.75, 3.05) is 0 Å². The number of nitrogens with zero attached hydrogens (tertiary/aromatic N) is 3. The van der Waals surface area contributed by atoms with Crippen LogP contribution in [0.5, 0.6) is 0 Å². The molecule has 0 bridgehead atoms. The van der Waals surface area contributed by atoms with Gasteiger partial charge in [0.05, 0.1) is 10.5 Å². The summed E-state index contributed by atoms with van der Waals surface area (Å²) in [5.41, 5.74) is 0.852. The standard InChI is InChI=1S/C16H12Cl2FN3O/c1-16(2,23)15-20-6-9(7-21-15)8-3-4-11-10(5-8)12(17)13(19)14(18)22-11/h3-7,23H,1-2H3. The van der Waals surface area contributed by atoms with E-state index in [9.17, 15) is 9.50 Å². The summed E-state index contributed by atoms with van der Waals surface area (Å²) in [5.74, 6) is -0.425. The lowest BCUT2D eigenvalue weighted by molar-refractivity contribution is 0.0687. The summed E-state index contributed by atoms with van der Waals surface area (Å²) < 4.78 is 13.8. The Bertz CT molecular complexity index is 892. The zero-order valence-corrected chi connectivity index (χ0v) is 13.8. The third kappa shape index (κ3) is 3.00. The Kier molecular flexibility index (Phi) is 3.96. The molecule has 0 aliphatic carbocycles. The lowest BCUT2D eigenvalue weighted by Crippen LogP contribution is -2.19. The number of benzene rings is 1. The maximum Gasteiger partial charge on any atom is 0.179 e. The van der Waals surface area contributed by atoms with Gasteiger partial charge >= 0.3 is 0 Å². The number of hydrogen-bond acceptors (Lipinski definition) is 4. The van der Waals surface area contributed by atoms with Crippen molar-refractivity contribution in [2.24, 2.45) is 0 Å². The van der Waals surface area contributed by atoms with Gasteiger partial charge in [-0.2, -0.15) is 0 Å². The Balaban J connectivity index is 2.10. The van der Waals surface area contributed by atoms with Gasteiger partial charge in [-0.25, -0.2) is 19.3 Å². The number of fused-ring (bicyclic) bond motifs is 1. The minimum Gasteiger partial charge on any atom is -0.382 e. The zero-order valence-electron chi connectivity index (χ0n) is 12.3. The minimum atomic E-state index is -1.12. The van der Waals surface area contributed by atoms with Crippen LogP contribution >= 0.6 is 23.2 Å². The first-order valence-electron chi connectivity index (χ1n) is 6.77. The number of aromatic nitrogens is 3. The Morgan fingerprint density at radius 1 is 1.09 bits per heavy atom. The van der Waals surface area contributed by atoms with E-state index in [1.54, 1.807) is 44.4 Å². The molecular formula is C16H12Cl2FN3O. The average molecular weight is 352 g/mol. The van der Waals surface area contributed by atoms with Crippen molar-refractivity contribution in [1.82, 2.24) is 15.0 Å². The van der Waals surface area contributed by atoms with Gasteiger partial charge < -0.3 is 5.11 Å². The number of aliphatic hydroxyl groups is 1. The Labute approximate surface area is 141 Å². The molecule has 0 radical (unpaired) electrons. The van der Waals surface area contributed by atoms with Crippen LogP contribution in [0, 0.1) is 5.82 Å². The number of rotatable bonds is 2. The Hall–Kier alpha value is -1.82. The molecule has 7 heteroatoms. The van der Waals surface area contributed by atoms with Gasteiger partial charge in [0.15, 0.2) is 16.8 Å². The van der Waals surface area contributed by atoms with Crippen LogP contribution in [0.25, 0.3) is 22.0 Å². The fourth-order valence-electron chi connectivity index (χ4n) is 2.15. The first kappa shape index (κ1) is 16.1. The molecule has 1 aromatic carbocycles. The summed E-state index contributed by atoms with van der Waals surface area (Å²) in [5, 5.41) is 10.0. The normalized spacial score (nSPS) is 11.9. The van der Waals surface area contributed by atoms with Gasteiger partial charge in [-0.1, -0.05) is 29.3 Å². The fraction of sp³-hybridized carbons (Fsp3) is 0.188. The van der Waals surface area contributed by atoms with E-state index >= 15 is 0 Å². The van der Waals surface area contributed by atoms with Crippen LogP contribution in [0.4, 0.5) is 4.39 Å². The second-order valence-corrected chi connectivity index (χ2v) is 6.35. The van der Waals surface area contributed by atoms with E-state index < -0.39 is 11.4 Å². The van der Waals surface area contributed by atoms with Gasteiger partial charge in [0, 0.05) is 23.3 Å². The molecule has 0 aliphatic rings. The third-order valence-electron chi connectivity index (χ3n) is 3.36. The van der Waals surface area contributed by atoms with E-state index in [-0.39, 0.29) is 10.2 Å². The molecule has 2 aromatic heterocycles. The first-order valence-corrected chi connectivity index (χ1v) is 7.52. The molecule has 0 saturated carbocycles. The predicted octanol–water partition coefficient (Wildman–Crippen LogP) is 4.37. The van der Waals surface area contributed by atoms with Crippen LogP contribution in [0.1, 0.15) is 19.7 Å². The third-order valence-corrected chi connectivity index (χ3v) is 3.98. The smallest absolute Gasteiger partial charge is 0.179 e. The Morgan fingerprint density at radius 2 is 1.74 bits per heavy atom. The second kappa shape index (κ2) is 5.67. The molecule has 3 rings (SSSR count). The Morgan fingerprint density at radius 3 is 2.35 bits per heavy atom. The second-order valence-electron chi connectivity index (χ2n) is 5.62. The van der Waals surface area contributed by atoms with Crippen molar-refractivity contribution in [1.29, 1.82) is 0 Å². The summed E-state index contributed by atoms with van der Waals surface area (Å²) in [6.07, 6.45) is 3.18. The van der Waals surface area contributed by atoms with Gasteiger partial charge in [0.2, 0.25) is 0 Å². The molecule has 0 fully saturated rings. The van der Waals surface area contributed by atoms with Crippen molar-refractivity contribution < 1.29 is 9.50 Å². The summed E-state index contributed by atoms with van der Waals surface area (Å²) >= 11 is 11.7. The van der Waals surface area contributed by atoms with Crippen molar-refractivity contribution in [2.45, 2.75) is 19.4 Å². The molecule has 2 heterocycles. The van der Waals surface area contributed by atoms with Crippen molar-refractivity contribution in [3.8, 4) is 11.1 Å². The van der Waals surface area contributed by atoms with Crippen LogP contribution in [0.2, 0.25) is 10.2 Å². The summed E-state index contributed by atoms with van der Waals surface area (Å²) in [6, 6.07) is 5.20. The molecule has 0 atom stereocenters. The minimum absolute atomic E-state index is 0.0733. The lowest BCUT2D eigenvalue weighted by atomic mass is 10.1. The molecule has 0 saturated heterocycles. The zero-order chi connectivity index (χ0) is 16.8. The molecule has 1 N–H and O–H groups in total. The number of halogens is 3. The monoisotopic (exact) mass is 351 g/mol. The van der Waals surface area contributed by atoms with E-state index in [4.69, 9.17) is 23.2 Å². The van der Waals surface area contributed by atoms with Crippen molar-refractivity contribution >= 4 is 34.1 Å². The highest BCUT2D eigenvalue weighted by Gasteiger charge is 2.19. The topological polar surface area (TPSA) is 58.9 Å². The van der Waals surface area contributed by atoms with Gasteiger partial charge in [0.25, 0.3) is 0 Å². The highest BCUT2D eigenvalue weighted by atomic mass is 35.5. The van der Waals surface area contributed by atoms with Crippen molar-refractivity contribution in [3.63, 3.8) is 0 Å². The molecule has 4 nitrogen and oxygen atoms in total.